The standard InChI is InChI=1S/C25H31N3O5S/c1-4-33-23-17-19(12-14-22(23)32-3)13-15-25(29)26-20-9-8-10-21(18-20)34(30,31)27-24-11-6-5-7-16-28(24)2/h8-10,12-15,17-18H,4-7,11,16H2,1-3H3,(H,26,29). The number of likely N-dealkylation sites (tertiary alicyclic amines) is 1. The van der Waals surface area contributed by atoms with Gasteiger partial charge < -0.3 is 19.7 Å². The Labute approximate surface area is 201 Å². The van der Waals surface area contributed by atoms with Crippen molar-refractivity contribution in [3.8, 4) is 11.5 Å². The lowest BCUT2D eigenvalue weighted by molar-refractivity contribution is -0.111. The number of ether oxygens (including phenoxy) is 2. The van der Waals surface area contributed by atoms with Gasteiger partial charge >= 0.3 is 0 Å². The molecule has 0 spiro atoms. The summed E-state index contributed by atoms with van der Waals surface area (Å²) in [4.78, 5) is 14.4. The van der Waals surface area contributed by atoms with Gasteiger partial charge in [-0.25, -0.2) is 0 Å². The van der Waals surface area contributed by atoms with E-state index in [2.05, 4.69) is 9.71 Å². The molecule has 1 heterocycles. The number of hydrogen-bond acceptors (Lipinski definition) is 5. The Morgan fingerprint density at radius 1 is 1.15 bits per heavy atom. The van der Waals surface area contributed by atoms with Crippen molar-refractivity contribution in [1.29, 1.82) is 0 Å². The largest absolute Gasteiger partial charge is 0.493 e. The molecule has 0 atom stereocenters. The third-order valence-electron chi connectivity index (χ3n) is 5.37. The quantitative estimate of drug-likeness (QED) is 0.559. The van der Waals surface area contributed by atoms with E-state index in [0.717, 1.165) is 31.4 Å². The molecule has 0 aromatic heterocycles. The Morgan fingerprint density at radius 3 is 2.74 bits per heavy atom. The fraction of sp³-hybridized carbons (Fsp3) is 0.360. The first-order chi connectivity index (χ1) is 16.3. The average molecular weight is 486 g/mol. The zero-order valence-corrected chi connectivity index (χ0v) is 20.6. The van der Waals surface area contributed by atoms with E-state index >= 15 is 0 Å². The summed E-state index contributed by atoms with van der Waals surface area (Å²) >= 11 is 0. The van der Waals surface area contributed by atoms with Crippen molar-refractivity contribution in [3.05, 3.63) is 54.1 Å². The molecule has 1 aliphatic rings. The molecule has 3 rings (SSSR count). The highest BCUT2D eigenvalue weighted by Gasteiger charge is 2.19. The van der Waals surface area contributed by atoms with Gasteiger partial charge in [-0.3, -0.25) is 4.79 Å². The molecule has 182 valence electrons. The number of rotatable bonds is 8. The lowest BCUT2D eigenvalue weighted by Crippen LogP contribution is -2.26. The zero-order valence-electron chi connectivity index (χ0n) is 19.8. The minimum Gasteiger partial charge on any atom is -0.493 e. The Hall–Kier alpha value is -3.33. The van der Waals surface area contributed by atoms with Crippen molar-refractivity contribution in [2.45, 2.75) is 37.5 Å². The maximum Gasteiger partial charge on any atom is 0.284 e. The van der Waals surface area contributed by atoms with Gasteiger partial charge in [-0.15, -0.1) is 4.40 Å². The van der Waals surface area contributed by atoms with Crippen LogP contribution in [0.5, 0.6) is 11.5 Å². The van der Waals surface area contributed by atoms with E-state index in [1.54, 1.807) is 37.5 Å². The Kier molecular flexibility index (Phi) is 8.70. The minimum atomic E-state index is -3.89. The van der Waals surface area contributed by atoms with Crippen molar-refractivity contribution in [1.82, 2.24) is 4.90 Å². The van der Waals surface area contributed by atoms with Gasteiger partial charge in [0.05, 0.1) is 18.6 Å². The molecular weight excluding hydrogens is 454 g/mol. The highest BCUT2D eigenvalue weighted by atomic mass is 32.2. The minimum absolute atomic E-state index is 0.0379. The molecule has 0 aliphatic carbocycles. The Bertz CT molecular complexity index is 1170. The molecule has 1 aliphatic heterocycles. The predicted octanol–water partition coefficient (Wildman–Crippen LogP) is 4.34. The van der Waals surface area contributed by atoms with Gasteiger partial charge in [0.25, 0.3) is 10.0 Å². The number of carbonyl (C=O) groups excluding carboxylic acids is 1. The van der Waals surface area contributed by atoms with E-state index < -0.39 is 15.9 Å². The Balaban J connectivity index is 1.72. The molecule has 0 saturated carbocycles. The summed E-state index contributed by atoms with van der Waals surface area (Å²) in [6, 6.07) is 11.5. The Morgan fingerprint density at radius 2 is 1.97 bits per heavy atom. The van der Waals surface area contributed by atoms with Crippen molar-refractivity contribution >= 4 is 33.5 Å². The fourth-order valence-electron chi connectivity index (χ4n) is 3.59. The fourth-order valence-corrected chi connectivity index (χ4v) is 4.73. The lowest BCUT2D eigenvalue weighted by Gasteiger charge is -2.17. The van der Waals surface area contributed by atoms with Crippen LogP contribution < -0.4 is 14.8 Å². The van der Waals surface area contributed by atoms with Crippen LogP contribution in [0.25, 0.3) is 6.08 Å². The van der Waals surface area contributed by atoms with E-state index in [1.165, 1.54) is 18.2 Å². The van der Waals surface area contributed by atoms with Gasteiger partial charge in [0.15, 0.2) is 11.5 Å². The number of amides is 1. The number of amidine groups is 1. The van der Waals surface area contributed by atoms with Crippen molar-refractivity contribution < 1.29 is 22.7 Å². The molecule has 1 fully saturated rings. The molecule has 1 N–H and O–H groups in total. The van der Waals surface area contributed by atoms with Gasteiger partial charge in [0, 0.05) is 31.8 Å². The number of benzene rings is 2. The van der Waals surface area contributed by atoms with Crippen LogP contribution in [0.2, 0.25) is 0 Å². The molecule has 0 bridgehead atoms. The molecule has 8 nitrogen and oxygen atoms in total. The monoisotopic (exact) mass is 485 g/mol. The summed E-state index contributed by atoms with van der Waals surface area (Å²) in [6.45, 7) is 3.16. The first-order valence-corrected chi connectivity index (χ1v) is 12.7. The maximum atomic E-state index is 12.9. The van der Waals surface area contributed by atoms with Gasteiger partial charge in [-0.2, -0.15) is 8.42 Å². The van der Waals surface area contributed by atoms with E-state index in [-0.39, 0.29) is 4.90 Å². The summed E-state index contributed by atoms with van der Waals surface area (Å²) in [7, 11) is -0.459. The maximum absolute atomic E-state index is 12.9. The van der Waals surface area contributed by atoms with Crippen molar-refractivity contribution in [3.63, 3.8) is 0 Å². The number of methoxy groups -OCH3 is 1. The lowest BCUT2D eigenvalue weighted by atomic mass is 10.2. The van der Waals surface area contributed by atoms with E-state index in [9.17, 15) is 13.2 Å². The SMILES string of the molecule is CCOc1cc(C=CC(=O)Nc2cccc(S(=O)(=O)N=C3CCCCCN3C)c2)ccc1OC. The summed E-state index contributed by atoms with van der Waals surface area (Å²) in [5, 5.41) is 2.70. The summed E-state index contributed by atoms with van der Waals surface area (Å²) in [5.41, 5.74) is 1.13. The van der Waals surface area contributed by atoms with E-state index in [0.29, 0.717) is 36.0 Å². The second-order valence-corrected chi connectivity index (χ2v) is 9.51. The molecule has 2 aromatic carbocycles. The normalized spacial score (nSPS) is 15.9. The highest BCUT2D eigenvalue weighted by Crippen LogP contribution is 2.28. The van der Waals surface area contributed by atoms with Crippen LogP contribution in [0.1, 0.15) is 38.2 Å². The molecule has 0 unspecified atom stereocenters. The second kappa shape index (κ2) is 11.7. The van der Waals surface area contributed by atoms with Crippen molar-refractivity contribution in [2.24, 2.45) is 4.40 Å². The number of hydrogen-bond donors (Lipinski definition) is 1. The van der Waals surface area contributed by atoms with Gasteiger partial charge in [-0.1, -0.05) is 18.6 Å². The first-order valence-electron chi connectivity index (χ1n) is 11.3. The van der Waals surface area contributed by atoms with Gasteiger partial charge in [0.2, 0.25) is 5.91 Å². The molecule has 2 aromatic rings. The molecular formula is C25H31N3O5S. The topological polar surface area (TPSA) is 97.3 Å². The first kappa shape index (κ1) is 25.3. The molecule has 1 amide bonds. The number of nitrogens with zero attached hydrogens (tertiary/aromatic N) is 2. The van der Waals surface area contributed by atoms with Crippen LogP contribution in [-0.2, 0) is 14.8 Å². The molecule has 0 radical (unpaired) electrons. The third-order valence-corrected chi connectivity index (χ3v) is 6.67. The second-order valence-electron chi connectivity index (χ2n) is 7.91. The van der Waals surface area contributed by atoms with Crippen LogP contribution in [0.3, 0.4) is 0 Å². The smallest absolute Gasteiger partial charge is 0.284 e. The number of nitrogens with one attached hydrogen (secondary N) is 1. The van der Waals surface area contributed by atoms with E-state index in [1.807, 2.05) is 24.9 Å². The highest BCUT2D eigenvalue weighted by molar-refractivity contribution is 7.90. The van der Waals surface area contributed by atoms with Crippen LogP contribution in [0, 0.1) is 0 Å². The summed E-state index contributed by atoms with van der Waals surface area (Å²) < 4.78 is 40.7. The molecule has 1 saturated heterocycles. The average Bonchev–Trinajstić information content (AvgIpc) is 3.02. The molecule has 9 heteroatoms. The number of anilines is 1. The molecule has 34 heavy (non-hydrogen) atoms. The third kappa shape index (κ3) is 6.84. The van der Waals surface area contributed by atoms with Crippen molar-refractivity contribution in [2.75, 3.05) is 32.6 Å². The van der Waals surface area contributed by atoms with Crippen LogP contribution >= 0.6 is 0 Å². The van der Waals surface area contributed by atoms with Gasteiger partial charge in [0.1, 0.15) is 5.84 Å². The summed E-state index contributed by atoms with van der Waals surface area (Å²) in [6.07, 6.45) is 6.65. The van der Waals surface area contributed by atoms with Crippen LogP contribution in [0.15, 0.2) is 57.8 Å². The van der Waals surface area contributed by atoms with Crippen LogP contribution in [-0.4, -0.2) is 52.4 Å². The summed E-state index contributed by atoms with van der Waals surface area (Å²) in [5.74, 6) is 1.38. The van der Waals surface area contributed by atoms with Gasteiger partial charge in [-0.05, 0) is 61.7 Å². The number of carbonyl (C=O) groups is 1. The predicted molar refractivity (Wildman–Crippen MR) is 134 cm³/mol. The van der Waals surface area contributed by atoms with Crippen LogP contribution in [0.4, 0.5) is 5.69 Å². The van der Waals surface area contributed by atoms with E-state index in [4.69, 9.17) is 9.47 Å². The zero-order chi connectivity index (χ0) is 24.6. The number of sulfonamides is 1.